The molecule has 0 bridgehead atoms. The van der Waals surface area contributed by atoms with Gasteiger partial charge in [0.15, 0.2) is 6.61 Å². The Morgan fingerprint density at radius 2 is 2.04 bits per heavy atom. The van der Waals surface area contributed by atoms with E-state index in [9.17, 15) is 18.0 Å². The Morgan fingerprint density at radius 3 is 2.70 bits per heavy atom. The largest absolute Gasteiger partial charge is 0.467 e. The van der Waals surface area contributed by atoms with Crippen LogP contribution in [0.4, 0.5) is 13.2 Å². The van der Waals surface area contributed by atoms with Crippen LogP contribution in [-0.2, 0) is 0 Å². The van der Waals surface area contributed by atoms with Crippen molar-refractivity contribution in [1.29, 1.82) is 0 Å². The fraction of sp³-hybridized carbons (Fsp3) is 0.625. The molecule has 1 aromatic heterocycles. The van der Waals surface area contributed by atoms with Gasteiger partial charge in [0.25, 0.3) is 5.91 Å². The third-order valence-electron chi connectivity index (χ3n) is 3.98. The number of hydrogen-bond acceptors (Lipinski definition) is 3. The molecular weight excluding hydrogens is 309 g/mol. The van der Waals surface area contributed by atoms with Crippen LogP contribution in [0.5, 0.6) is 5.88 Å². The van der Waals surface area contributed by atoms with Gasteiger partial charge in [0.05, 0.1) is 0 Å². The van der Waals surface area contributed by atoms with E-state index in [4.69, 9.17) is 0 Å². The molecule has 0 N–H and O–H groups in total. The van der Waals surface area contributed by atoms with Crippen molar-refractivity contribution in [1.82, 2.24) is 9.88 Å². The molecule has 0 spiro atoms. The lowest BCUT2D eigenvalue weighted by molar-refractivity contribution is -0.154. The van der Waals surface area contributed by atoms with Gasteiger partial charge in [-0.25, -0.2) is 4.98 Å². The van der Waals surface area contributed by atoms with Gasteiger partial charge in [-0.05, 0) is 30.9 Å². The molecule has 0 atom stereocenters. The van der Waals surface area contributed by atoms with E-state index in [1.165, 1.54) is 37.6 Å². The van der Waals surface area contributed by atoms with Crippen LogP contribution in [0.1, 0.15) is 42.5 Å². The summed E-state index contributed by atoms with van der Waals surface area (Å²) in [6, 6.07) is 2.96. The first-order valence-corrected chi connectivity index (χ1v) is 7.77. The number of carbonyl (C=O) groups is 1. The van der Waals surface area contributed by atoms with Gasteiger partial charge in [-0.1, -0.05) is 19.3 Å². The normalized spacial score (nSPS) is 16.2. The molecule has 1 heterocycles. The molecule has 23 heavy (non-hydrogen) atoms. The summed E-state index contributed by atoms with van der Waals surface area (Å²) in [5, 5.41) is 0. The van der Waals surface area contributed by atoms with Crippen LogP contribution in [0, 0.1) is 5.92 Å². The number of halogens is 3. The molecule has 1 aliphatic carbocycles. The highest BCUT2D eigenvalue weighted by molar-refractivity contribution is 5.96. The Hall–Kier alpha value is -1.79. The summed E-state index contributed by atoms with van der Waals surface area (Å²) >= 11 is 0. The zero-order chi connectivity index (χ0) is 16.9. The van der Waals surface area contributed by atoms with Crippen molar-refractivity contribution in [3.05, 3.63) is 23.9 Å². The second-order valence-electron chi connectivity index (χ2n) is 5.95. The first-order valence-electron chi connectivity index (χ1n) is 7.77. The SMILES string of the molecule is CN(CC1CCCCC1)C(=O)c1cccnc1OCC(F)(F)F. The van der Waals surface area contributed by atoms with E-state index in [0.717, 1.165) is 12.8 Å². The Kier molecular flexibility index (Phi) is 5.85. The molecule has 0 radical (unpaired) electrons. The van der Waals surface area contributed by atoms with E-state index in [-0.39, 0.29) is 17.4 Å². The number of aromatic nitrogens is 1. The van der Waals surface area contributed by atoms with Gasteiger partial charge >= 0.3 is 6.18 Å². The number of carbonyl (C=O) groups excluding carboxylic acids is 1. The Bertz CT molecular complexity index is 528. The predicted octanol–water partition coefficient (Wildman–Crippen LogP) is 3.68. The van der Waals surface area contributed by atoms with Gasteiger partial charge in [-0.3, -0.25) is 4.79 Å². The summed E-state index contributed by atoms with van der Waals surface area (Å²) in [6.45, 7) is -0.858. The van der Waals surface area contributed by atoms with E-state index < -0.39 is 12.8 Å². The van der Waals surface area contributed by atoms with Crippen molar-refractivity contribution in [3.63, 3.8) is 0 Å². The minimum absolute atomic E-state index is 0.0649. The quantitative estimate of drug-likeness (QED) is 0.827. The van der Waals surface area contributed by atoms with Crippen molar-refractivity contribution in [2.24, 2.45) is 5.92 Å². The molecule has 1 saturated carbocycles. The highest BCUT2D eigenvalue weighted by Gasteiger charge is 2.30. The Labute approximate surface area is 133 Å². The zero-order valence-electron chi connectivity index (χ0n) is 13.1. The number of pyridine rings is 1. The lowest BCUT2D eigenvalue weighted by atomic mass is 9.89. The summed E-state index contributed by atoms with van der Waals surface area (Å²) in [6.07, 6.45) is 2.57. The van der Waals surface area contributed by atoms with Crippen molar-refractivity contribution >= 4 is 5.91 Å². The second-order valence-corrected chi connectivity index (χ2v) is 5.95. The van der Waals surface area contributed by atoms with Gasteiger partial charge in [0.1, 0.15) is 5.56 Å². The van der Waals surface area contributed by atoms with Gasteiger partial charge in [-0.2, -0.15) is 13.2 Å². The molecule has 2 rings (SSSR count). The third kappa shape index (κ3) is 5.41. The molecule has 1 aliphatic rings. The molecule has 0 unspecified atom stereocenters. The molecule has 1 aromatic rings. The van der Waals surface area contributed by atoms with Crippen LogP contribution >= 0.6 is 0 Å². The molecule has 1 fully saturated rings. The van der Waals surface area contributed by atoms with E-state index >= 15 is 0 Å². The van der Waals surface area contributed by atoms with Gasteiger partial charge in [-0.15, -0.1) is 0 Å². The minimum Gasteiger partial charge on any atom is -0.467 e. The van der Waals surface area contributed by atoms with Crippen molar-refractivity contribution < 1.29 is 22.7 Å². The lowest BCUT2D eigenvalue weighted by Crippen LogP contribution is -2.33. The van der Waals surface area contributed by atoms with E-state index in [0.29, 0.717) is 12.5 Å². The maximum atomic E-state index is 12.5. The third-order valence-corrected chi connectivity index (χ3v) is 3.98. The number of hydrogen-bond donors (Lipinski definition) is 0. The monoisotopic (exact) mass is 330 g/mol. The second kappa shape index (κ2) is 7.66. The Balaban J connectivity index is 2.02. The van der Waals surface area contributed by atoms with Crippen LogP contribution in [0.2, 0.25) is 0 Å². The van der Waals surface area contributed by atoms with E-state index in [1.807, 2.05) is 0 Å². The van der Waals surface area contributed by atoms with Gasteiger partial charge in [0, 0.05) is 19.8 Å². The summed E-state index contributed by atoms with van der Waals surface area (Å²) < 4.78 is 41.6. The summed E-state index contributed by atoms with van der Waals surface area (Å²) in [5.74, 6) is -0.180. The minimum atomic E-state index is -4.47. The number of nitrogens with zero attached hydrogens (tertiary/aromatic N) is 2. The summed E-state index contributed by atoms with van der Waals surface area (Å²) in [5.41, 5.74) is 0.0649. The zero-order valence-corrected chi connectivity index (χ0v) is 13.1. The van der Waals surface area contributed by atoms with Crippen LogP contribution in [0.25, 0.3) is 0 Å². The predicted molar refractivity (Wildman–Crippen MR) is 79.3 cm³/mol. The molecule has 7 heteroatoms. The number of alkyl halides is 3. The maximum Gasteiger partial charge on any atom is 0.422 e. The molecular formula is C16H21F3N2O2. The van der Waals surface area contributed by atoms with Crippen LogP contribution in [0.15, 0.2) is 18.3 Å². The summed E-state index contributed by atoms with van der Waals surface area (Å²) in [4.78, 5) is 17.8. The number of rotatable bonds is 5. The molecule has 4 nitrogen and oxygen atoms in total. The molecule has 128 valence electrons. The number of amides is 1. The molecule has 1 amide bonds. The highest BCUT2D eigenvalue weighted by atomic mass is 19.4. The van der Waals surface area contributed by atoms with E-state index in [2.05, 4.69) is 9.72 Å². The van der Waals surface area contributed by atoms with Crippen molar-refractivity contribution in [3.8, 4) is 5.88 Å². The van der Waals surface area contributed by atoms with E-state index in [1.54, 1.807) is 11.9 Å². The smallest absolute Gasteiger partial charge is 0.422 e. The molecule has 0 saturated heterocycles. The average Bonchev–Trinajstić information content (AvgIpc) is 2.53. The molecule has 0 aromatic carbocycles. The van der Waals surface area contributed by atoms with Crippen LogP contribution < -0.4 is 4.74 Å². The first-order chi connectivity index (χ1) is 10.9. The van der Waals surface area contributed by atoms with Crippen molar-refractivity contribution in [2.45, 2.75) is 38.3 Å². The summed E-state index contributed by atoms with van der Waals surface area (Å²) in [7, 11) is 1.66. The van der Waals surface area contributed by atoms with Crippen LogP contribution in [0.3, 0.4) is 0 Å². The lowest BCUT2D eigenvalue weighted by Gasteiger charge is -2.27. The fourth-order valence-corrected chi connectivity index (χ4v) is 2.86. The van der Waals surface area contributed by atoms with Gasteiger partial charge in [0.2, 0.25) is 5.88 Å². The maximum absolute atomic E-state index is 12.5. The average molecular weight is 330 g/mol. The van der Waals surface area contributed by atoms with Crippen molar-refractivity contribution in [2.75, 3.05) is 20.2 Å². The standard InChI is InChI=1S/C16H21F3N2O2/c1-21(10-12-6-3-2-4-7-12)15(22)13-8-5-9-20-14(13)23-11-16(17,18)19/h5,8-9,12H,2-4,6-7,10-11H2,1H3. The topological polar surface area (TPSA) is 42.4 Å². The highest BCUT2D eigenvalue weighted by Crippen LogP contribution is 2.26. The Morgan fingerprint density at radius 1 is 1.35 bits per heavy atom. The number of ether oxygens (including phenoxy) is 1. The first kappa shape index (κ1) is 17.6. The molecule has 0 aliphatic heterocycles. The fourth-order valence-electron chi connectivity index (χ4n) is 2.86. The van der Waals surface area contributed by atoms with Gasteiger partial charge < -0.3 is 9.64 Å². The van der Waals surface area contributed by atoms with Crippen LogP contribution in [-0.4, -0.2) is 42.2 Å².